The van der Waals surface area contributed by atoms with Crippen LogP contribution in [0.1, 0.15) is 24.0 Å². The Hall–Kier alpha value is -1.84. The van der Waals surface area contributed by atoms with E-state index in [1.807, 2.05) is 12.1 Å². The zero-order valence-electron chi connectivity index (χ0n) is 11.0. The summed E-state index contributed by atoms with van der Waals surface area (Å²) in [5, 5.41) is 13.4. The molecule has 2 bridgehead atoms. The van der Waals surface area contributed by atoms with Crippen LogP contribution in [0, 0.1) is 16.7 Å². The number of ether oxygens (including phenoxy) is 1. The lowest BCUT2D eigenvalue weighted by Gasteiger charge is -2.43. The van der Waals surface area contributed by atoms with E-state index in [4.69, 9.17) is 4.74 Å². The fourth-order valence-electron chi connectivity index (χ4n) is 5.24. The molecule has 102 valence electrons. The van der Waals surface area contributed by atoms with Crippen LogP contribution in [-0.2, 0) is 11.8 Å². The van der Waals surface area contributed by atoms with Crippen molar-refractivity contribution in [3.8, 4) is 11.5 Å². The lowest BCUT2D eigenvalue weighted by Crippen LogP contribution is -2.51. The van der Waals surface area contributed by atoms with Gasteiger partial charge >= 0.3 is 0 Å². The molecule has 1 aromatic carbocycles. The highest BCUT2D eigenvalue weighted by Crippen LogP contribution is 2.66. The van der Waals surface area contributed by atoms with Crippen molar-refractivity contribution < 1.29 is 9.84 Å². The maximum Gasteiger partial charge on any atom is 0.165 e. The maximum atomic E-state index is 11.2. The molecule has 1 N–H and O–H groups in total. The summed E-state index contributed by atoms with van der Waals surface area (Å²) < 4.78 is 6.06. The second-order valence-electron chi connectivity index (χ2n) is 6.54. The van der Waals surface area contributed by atoms with Crippen molar-refractivity contribution in [1.82, 2.24) is 0 Å². The molecule has 0 saturated heterocycles. The van der Waals surface area contributed by atoms with Crippen molar-refractivity contribution in [2.75, 3.05) is 0 Å². The fraction of sp³-hybridized carbons (Fsp3) is 0.500. The highest BCUT2D eigenvalue weighted by atomic mass is 16.5. The first kappa shape index (κ1) is 10.9. The number of nitroso groups, excluding NO2 is 1. The topological polar surface area (TPSA) is 58.9 Å². The second-order valence-corrected chi connectivity index (χ2v) is 6.54. The van der Waals surface area contributed by atoms with Crippen LogP contribution in [-0.4, -0.2) is 17.3 Å². The molecule has 3 aliphatic carbocycles. The van der Waals surface area contributed by atoms with Gasteiger partial charge in [-0.2, -0.15) is 4.91 Å². The first-order chi connectivity index (χ1) is 9.75. The van der Waals surface area contributed by atoms with Gasteiger partial charge in [-0.15, -0.1) is 0 Å². The number of benzene rings is 1. The minimum atomic E-state index is -0.442. The lowest BCUT2D eigenvalue weighted by molar-refractivity contribution is 0.0948. The molecular weight excluding hydrogens is 254 g/mol. The maximum absolute atomic E-state index is 11.2. The number of rotatable bonds is 1. The van der Waals surface area contributed by atoms with E-state index in [1.54, 1.807) is 6.07 Å². The first-order valence-electron chi connectivity index (χ1n) is 7.28. The Kier molecular flexibility index (Phi) is 1.77. The quantitative estimate of drug-likeness (QED) is 0.630. The highest BCUT2D eigenvalue weighted by molar-refractivity contribution is 5.61. The molecule has 4 aliphatic rings. The van der Waals surface area contributed by atoms with Gasteiger partial charge in [0.1, 0.15) is 12.1 Å². The molecule has 1 heterocycles. The van der Waals surface area contributed by atoms with E-state index in [-0.39, 0.29) is 17.3 Å². The van der Waals surface area contributed by atoms with Crippen LogP contribution in [0.5, 0.6) is 11.5 Å². The number of phenolic OH excluding ortho intramolecular Hbond substituents is 1. The number of phenols is 1. The molecule has 1 aromatic rings. The van der Waals surface area contributed by atoms with E-state index in [0.29, 0.717) is 17.6 Å². The number of hydrogen-bond donors (Lipinski definition) is 1. The molecule has 1 spiro atoms. The van der Waals surface area contributed by atoms with Gasteiger partial charge in [0.25, 0.3) is 0 Å². The molecule has 20 heavy (non-hydrogen) atoms. The third kappa shape index (κ3) is 0.961. The second kappa shape index (κ2) is 3.25. The fourth-order valence-corrected chi connectivity index (χ4v) is 5.24. The van der Waals surface area contributed by atoms with Gasteiger partial charge in [0.05, 0.1) is 0 Å². The van der Waals surface area contributed by atoms with Gasteiger partial charge in [-0.3, -0.25) is 0 Å². The molecule has 5 rings (SSSR count). The molecule has 1 aliphatic heterocycles. The summed E-state index contributed by atoms with van der Waals surface area (Å²) in [6.07, 6.45) is 7.11. The van der Waals surface area contributed by atoms with E-state index in [9.17, 15) is 10.0 Å². The van der Waals surface area contributed by atoms with Crippen LogP contribution in [0.2, 0.25) is 0 Å². The predicted molar refractivity (Wildman–Crippen MR) is 72.8 cm³/mol. The SMILES string of the molecule is O=N[C@H]1C=CC2[C@@H]3CCC24c2c(ccc(O)c2O[C@@H]14)C3. The third-order valence-corrected chi connectivity index (χ3v) is 5.90. The molecule has 4 heteroatoms. The Labute approximate surface area is 116 Å². The van der Waals surface area contributed by atoms with E-state index in [2.05, 4.69) is 11.3 Å². The van der Waals surface area contributed by atoms with Gasteiger partial charge < -0.3 is 9.84 Å². The van der Waals surface area contributed by atoms with Gasteiger partial charge in [0.15, 0.2) is 11.5 Å². The van der Waals surface area contributed by atoms with Crippen molar-refractivity contribution >= 4 is 0 Å². The van der Waals surface area contributed by atoms with Gasteiger partial charge in [-0.05, 0) is 42.7 Å². The molecule has 1 fully saturated rings. The highest BCUT2D eigenvalue weighted by Gasteiger charge is 2.65. The van der Waals surface area contributed by atoms with Crippen molar-refractivity contribution in [3.05, 3.63) is 40.3 Å². The standard InChI is InChI=1S/C16H15NO3/c18-12-4-1-9-7-8-5-6-16-10(8)2-3-11(17-19)15(16)20-14(12)13(9)16/h1-4,8,10-11,15,18H,5-7H2/t8-,10?,11+,15+,16?/m1/s1. The van der Waals surface area contributed by atoms with Crippen LogP contribution in [0.3, 0.4) is 0 Å². The van der Waals surface area contributed by atoms with Gasteiger partial charge in [-0.1, -0.05) is 23.4 Å². The predicted octanol–water partition coefficient (Wildman–Crippen LogP) is 2.68. The number of nitrogens with zero attached hydrogens (tertiary/aromatic N) is 1. The van der Waals surface area contributed by atoms with Crippen LogP contribution in [0.25, 0.3) is 0 Å². The Morgan fingerprint density at radius 3 is 3.10 bits per heavy atom. The molecular formula is C16H15NO3. The van der Waals surface area contributed by atoms with E-state index < -0.39 is 6.04 Å². The van der Waals surface area contributed by atoms with Crippen molar-refractivity contribution in [2.45, 2.75) is 36.8 Å². The van der Waals surface area contributed by atoms with E-state index in [0.717, 1.165) is 19.3 Å². The average molecular weight is 269 g/mol. The lowest BCUT2D eigenvalue weighted by atomic mass is 9.59. The molecule has 5 atom stereocenters. The molecule has 0 aromatic heterocycles. The number of aromatic hydroxyl groups is 1. The smallest absolute Gasteiger partial charge is 0.165 e. The zero-order chi connectivity index (χ0) is 13.5. The minimum absolute atomic E-state index is 0.125. The Morgan fingerprint density at radius 2 is 2.25 bits per heavy atom. The normalized spacial score (nSPS) is 42.2. The monoisotopic (exact) mass is 269 g/mol. The van der Waals surface area contributed by atoms with E-state index >= 15 is 0 Å². The minimum Gasteiger partial charge on any atom is -0.504 e. The summed E-state index contributed by atoms with van der Waals surface area (Å²) in [6.45, 7) is 0. The third-order valence-electron chi connectivity index (χ3n) is 5.90. The summed E-state index contributed by atoms with van der Waals surface area (Å²) in [5.41, 5.74) is 2.33. The van der Waals surface area contributed by atoms with E-state index in [1.165, 1.54) is 11.1 Å². The van der Waals surface area contributed by atoms with Gasteiger partial charge in [-0.25, -0.2) is 0 Å². The Morgan fingerprint density at radius 1 is 1.35 bits per heavy atom. The number of allylic oxidation sites excluding steroid dienone is 1. The van der Waals surface area contributed by atoms with Gasteiger partial charge in [0.2, 0.25) is 0 Å². The number of hydrogen-bond acceptors (Lipinski definition) is 4. The molecule has 1 saturated carbocycles. The van der Waals surface area contributed by atoms with Gasteiger partial charge in [0, 0.05) is 11.0 Å². The summed E-state index contributed by atoms with van der Waals surface area (Å²) in [6, 6.07) is 3.30. The molecule has 0 amide bonds. The Bertz CT molecular complexity index is 668. The van der Waals surface area contributed by atoms with Crippen molar-refractivity contribution in [2.24, 2.45) is 17.0 Å². The summed E-state index contributed by atoms with van der Waals surface area (Å²) in [4.78, 5) is 11.2. The average Bonchev–Trinajstić information content (AvgIpc) is 2.95. The summed E-state index contributed by atoms with van der Waals surface area (Å²) in [5.74, 6) is 1.87. The van der Waals surface area contributed by atoms with Crippen LogP contribution >= 0.6 is 0 Å². The van der Waals surface area contributed by atoms with Crippen LogP contribution in [0.4, 0.5) is 0 Å². The van der Waals surface area contributed by atoms with Crippen LogP contribution in [0.15, 0.2) is 29.5 Å². The summed E-state index contributed by atoms with van der Waals surface area (Å²) >= 11 is 0. The zero-order valence-corrected chi connectivity index (χ0v) is 11.0. The molecule has 2 unspecified atom stereocenters. The van der Waals surface area contributed by atoms with Crippen molar-refractivity contribution in [1.29, 1.82) is 0 Å². The molecule has 4 nitrogen and oxygen atoms in total. The Balaban J connectivity index is 1.85. The first-order valence-corrected chi connectivity index (χ1v) is 7.28. The van der Waals surface area contributed by atoms with Crippen molar-refractivity contribution in [3.63, 3.8) is 0 Å². The summed E-state index contributed by atoms with van der Waals surface area (Å²) in [7, 11) is 0. The van der Waals surface area contributed by atoms with Crippen LogP contribution < -0.4 is 4.74 Å². The molecule has 0 radical (unpaired) electrons. The largest absolute Gasteiger partial charge is 0.504 e.